The minimum absolute atomic E-state index is 0.0101. The zero-order valence-electron chi connectivity index (χ0n) is 18.1. The molecule has 2 heterocycles. The Kier molecular flexibility index (Phi) is 6.64. The molecule has 0 aliphatic carbocycles. The van der Waals surface area contributed by atoms with Crippen LogP contribution in [0.2, 0.25) is 0 Å². The largest absolute Gasteiger partial charge is 0.457 e. The Morgan fingerprint density at radius 3 is 2.58 bits per heavy atom. The Labute approximate surface area is 192 Å². The number of nitrogens with two attached hydrogens (primary N) is 1. The summed E-state index contributed by atoms with van der Waals surface area (Å²) in [5.74, 6) is 1.35. The van der Waals surface area contributed by atoms with E-state index < -0.39 is 0 Å². The standard InChI is InChI=1S/C25H25N5O3/c1-2-21(31)30-14-6-7-18(30)15-27-25-22(24(26)28-16-29-25)23(32)17-10-12-20(13-11-17)33-19-8-4-3-5-9-19/h2-5,8-13,16,18H,1,6-7,14-15H2,(H3,26,27,28,29)/t18-/m1/s1. The quantitative estimate of drug-likeness (QED) is 0.404. The molecular formula is C25H25N5O3. The predicted molar refractivity (Wildman–Crippen MR) is 126 cm³/mol. The Bertz CT molecular complexity index is 1150. The summed E-state index contributed by atoms with van der Waals surface area (Å²) in [6, 6.07) is 16.2. The molecule has 1 aromatic heterocycles. The molecule has 0 radical (unpaired) electrons. The van der Waals surface area contributed by atoms with Crippen molar-refractivity contribution in [3.8, 4) is 11.5 Å². The number of aromatic nitrogens is 2. The van der Waals surface area contributed by atoms with Crippen molar-refractivity contribution in [2.75, 3.05) is 24.1 Å². The van der Waals surface area contributed by atoms with E-state index >= 15 is 0 Å². The van der Waals surface area contributed by atoms with Crippen molar-refractivity contribution >= 4 is 23.3 Å². The van der Waals surface area contributed by atoms with Gasteiger partial charge in [0.15, 0.2) is 5.78 Å². The normalized spacial score (nSPS) is 15.2. The van der Waals surface area contributed by atoms with Gasteiger partial charge in [0, 0.05) is 24.7 Å². The van der Waals surface area contributed by atoms with Crippen molar-refractivity contribution in [3.63, 3.8) is 0 Å². The molecule has 3 aromatic rings. The molecule has 168 valence electrons. The number of benzene rings is 2. The van der Waals surface area contributed by atoms with Crippen molar-refractivity contribution in [2.24, 2.45) is 0 Å². The minimum atomic E-state index is -0.299. The van der Waals surface area contributed by atoms with Crippen molar-refractivity contribution in [1.82, 2.24) is 14.9 Å². The van der Waals surface area contributed by atoms with E-state index in [0.717, 1.165) is 12.8 Å². The first-order valence-electron chi connectivity index (χ1n) is 10.7. The van der Waals surface area contributed by atoms with Gasteiger partial charge < -0.3 is 20.7 Å². The second-order valence-electron chi connectivity index (χ2n) is 7.66. The first kappa shape index (κ1) is 22.0. The van der Waals surface area contributed by atoms with Crippen LogP contribution >= 0.6 is 0 Å². The van der Waals surface area contributed by atoms with Crippen molar-refractivity contribution in [2.45, 2.75) is 18.9 Å². The number of ketones is 1. The van der Waals surface area contributed by atoms with Crippen molar-refractivity contribution in [1.29, 1.82) is 0 Å². The van der Waals surface area contributed by atoms with Gasteiger partial charge in [-0.05, 0) is 55.3 Å². The summed E-state index contributed by atoms with van der Waals surface area (Å²) in [6.07, 6.45) is 4.41. The number of likely N-dealkylation sites (tertiary alicyclic amines) is 1. The fraction of sp³-hybridized carbons (Fsp3) is 0.200. The number of nitrogen functional groups attached to an aromatic ring is 1. The van der Waals surface area contributed by atoms with Crippen LogP contribution in [-0.2, 0) is 4.79 Å². The number of carbonyl (C=O) groups is 2. The smallest absolute Gasteiger partial charge is 0.246 e. The molecule has 3 N–H and O–H groups in total. The average molecular weight is 444 g/mol. The van der Waals surface area contributed by atoms with Gasteiger partial charge in [0.1, 0.15) is 35.0 Å². The van der Waals surface area contributed by atoms with Crippen LogP contribution in [0.25, 0.3) is 0 Å². The number of carbonyl (C=O) groups excluding carboxylic acids is 2. The van der Waals surface area contributed by atoms with E-state index in [1.165, 1.54) is 12.4 Å². The molecule has 1 atom stereocenters. The molecule has 0 spiro atoms. The maximum Gasteiger partial charge on any atom is 0.246 e. The van der Waals surface area contributed by atoms with Gasteiger partial charge in [0.05, 0.1) is 0 Å². The Morgan fingerprint density at radius 1 is 1.12 bits per heavy atom. The maximum absolute atomic E-state index is 13.3. The summed E-state index contributed by atoms with van der Waals surface area (Å²) >= 11 is 0. The lowest BCUT2D eigenvalue weighted by molar-refractivity contribution is -0.126. The third kappa shape index (κ3) is 5.01. The lowest BCUT2D eigenvalue weighted by atomic mass is 10.0. The first-order chi connectivity index (χ1) is 16.1. The zero-order chi connectivity index (χ0) is 23.2. The average Bonchev–Trinajstić information content (AvgIpc) is 3.32. The second-order valence-corrected chi connectivity index (χ2v) is 7.66. The molecule has 0 saturated carbocycles. The highest BCUT2D eigenvalue weighted by Gasteiger charge is 2.28. The van der Waals surface area contributed by atoms with Crippen LogP contribution in [-0.4, -0.2) is 45.7 Å². The SMILES string of the molecule is C=CC(=O)N1CCC[C@@H]1CNc1ncnc(N)c1C(=O)c1ccc(Oc2ccccc2)cc1. The van der Waals surface area contributed by atoms with E-state index in [2.05, 4.69) is 21.9 Å². The van der Waals surface area contributed by atoms with E-state index in [4.69, 9.17) is 10.5 Å². The van der Waals surface area contributed by atoms with Gasteiger partial charge in [-0.25, -0.2) is 9.97 Å². The lowest BCUT2D eigenvalue weighted by Gasteiger charge is -2.24. The highest BCUT2D eigenvalue weighted by molar-refractivity contribution is 6.14. The number of rotatable bonds is 8. The number of hydrogen-bond acceptors (Lipinski definition) is 7. The van der Waals surface area contributed by atoms with Gasteiger partial charge in [-0.3, -0.25) is 9.59 Å². The van der Waals surface area contributed by atoms with E-state index in [-0.39, 0.29) is 29.1 Å². The summed E-state index contributed by atoms with van der Waals surface area (Å²) < 4.78 is 5.79. The van der Waals surface area contributed by atoms with Crippen LogP contribution in [0.5, 0.6) is 11.5 Å². The minimum Gasteiger partial charge on any atom is -0.457 e. The van der Waals surface area contributed by atoms with Gasteiger partial charge in [-0.15, -0.1) is 0 Å². The highest BCUT2D eigenvalue weighted by atomic mass is 16.5. The number of amides is 1. The first-order valence-corrected chi connectivity index (χ1v) is 10.7. The van der Waals surface area contributed by atoms with Crippen LogP contribution < -0.4 is 15.8 Å². The number of para-hydroxylation sites is 1. The molecule has 0 unspecified atom stereocenters. The van der Waals surface area contributed by atoms with E-state index in [0.29, 0.717) is 36.0 Å². The lowest BCUT2D eigenvalue weighted by Crippen LogP contribution is -2.38. The van der Waals surface area contributed by atoms with Gasteiger partial charge in [0.25, 0.3) is 0 Å². The van der Waals surface area contributed by atoms with E-state index in [1.807, 2.05) is 30.3 Å². The Hall–Kier alpha value is -4.20. The molecule has 0 bridgehead atoms. The van der Waals surface area contributed by atoms with Gasteiger partial charge in [-0.1, -0.05) is 24.8 Å². The van der Waals surface area contributed by atoms with E-state index in [1.54, 1.807) is 29.2 Å². The van der Waals surface area contributed by atoms with Crippen LogP contribution in [0.15, 0.2) is 73.6 Å². The second kappa shape index (κ2) is 9.95. The molecule has 1 fully saturated rings. The Morgan fingerprint density at radius 2 is 1.85 bits per heavy atom. The zero-order valence-corrected chi connectivity index (χ0v) is 18.1. The van der Waals surface area contributed by atoms with Gasteiger partial charge in [0.2, 0.25) is 5.91 Å². The molecular weight excluding hydrogens is 418 g/mol. The third-order valence-corrected chi connectivity index (χ3v) is 5.54. The fourth-order valence-electron chi connectivity index (χ4n) is 3.87. The molecule has 1 amide bonds. The number of nitrogens with one attached hydrogen (secondary N) is 1. The molecule has 8 heteroatoms. The molecule has 1 aliphatic heterocycles. The summed E-state index contributed by atoms with van der Waals surface area (Å²) in [4.78, 5) is 35.3. The topological polar surface area (TPSA) is 110 Å². The molecule has 1 aliphatic rings. The maximum atomic E-state index is 13.3. The molecule has 8 nitrogen and oxygen atoms in total. The number of nitrogens with zero attached hydrogens (tertiary/aromatic N) is 3. The van der Waals surface area contributed by atoms with Crippen LogP contribution in [0.1, 0.15) is 28.8 Å². The van der Waals surface area contributed by atoms with Crippen LogP contribution in [0.4, 0.5) is 11.6 Å². The summed E-state index contributed by atoms with van der Waals surface area (Å²) in [5, 5.41) is 3.19. The van der Waals surface area contributed by atoms with Crippen LogP contribution in [0.3, 0.4) is 0 Å². The predicted octanol–water partition coefficient (Wildman–Crippen LogP) is 3.67. The van der Waals surface area contributed by atoms with E-state index in [9.17, 15) is 9.59 Å². The fourth-order valence-corrected chi connectivity index (χ4v) is 3.87. The molecule has 33 heavy (non-hydrogen) atoms. The number of anilines is 2. The molecule has 4 rings (SSSR count). The summed E-state index contributed by atoms with van der Waals surface area (Å²) in [5.41, 5.74) is 6.70. The van der Waals surface area contributed by atoms with Gasteiger partial charge >= 0.3 is 0 Å². The summed E-state index contributed by atoms with van der Waals surface area (Å²) in [7, 11) is 0. The van der Waals surface area contributed by atoms with Crippen LogP contribution in [0, 0.1) is 0 Å². The number of ether oxygens (including phenoxy) is 1. The monoisotopic (exact) mass is 443 g/mol. The molecule has 1 saturated heterocycles. The Balaban J connectivity index is 1.50. The number of hydrogen-bond donors (Lipinski definition) is 2. The highest BCUT2D eigenvalue weighted by Crippen LogP contribution is 2.26. The summed E-state index contributed by atoms with van der Waals surface area (Å²) in [6.45, 7) is 4.70. The third-order valence-electron chi connectivity index (χ3n) is 5.54. The molecule has 2 aromatic carbocycles. The van der Waals surface area contributed by atoms with Crippen molar-refractivity contribution < 1.29 is 14.3 Å². The van der Waals surface area contributed by atoms with Crippen molar-refractivity contribution in [3.05, 3.63) is 84.7 Å². The van der Waals surface area contributed by atoms with Gasteiger partial charge in [-0.2, -0.15) is 0 Å².